The van der Waals surface area contributed by atoms with Crippen molar-refractivity contribution in [3.05, 3.63) is 66.5 Å². The molecule has 0 amide bonds. The molecule has 5 rings (SSSR count). The molecule has 0 radical (unpaired) electrons. The fraction of sp³-hybridized carbons (Fsp3) is 0.346. The number of phenols is 1. The molecule has 0 spiro atoms. The molecule has 0 unspecified atom stereocenters. The summed E-state index contributed by atoms with van der Waals surface area (Å²) in [5, 5.41) is 33.3. The Kier molecular flexibility index (Phi) is 6.88. The van der Waals surface area contributed by atoms with Crippen molar-refractivity contribution in [3.8, 4) is 5.75 Å². The average molecular weight is 490 g/mol. The first kappa shape index (κ1) is 23.8. The fourth-order valence-corrected chi connectivity index (χ4v) is 4.51. The van der Waals surface area contributed by atoms with E-state index in [1.54, 1.807) is 18.5 Å². The molecule has 1 saturated heterocycles. The lowest BCUT2D eigenvalue weighted by Crippen LogP contribution is -2.47. The van der Waals surface area contributed by atoms with Gasteiger partial charge in [0.05, 0.1) is 25.1 Å². The van der Waals surface area contributed by atoms with Crippen LogP contribution in [-0.4, -0.2) is 73.7 Å². The number of rotatable bonds is 8. The third kappa shape index (κ3) is 4.91. The summed E-state index contributed by atoms with van der Waals surface area (Å²) in [5.74, 6) is 1.39. The molecule has 2 aromatic heterocycles. The lowest BCUT2D eigenvalue weighted by molar-refractivity contribution is 0.160. The number of anilines is 3. The molecule has 3 heterocycles. The highest BCUT2D eigenvalue weighted by atomic mass is 16.3. The molecular formula is C26H31N7O3. The standard InChI is InChI=1S/C26H31N7O3/c1-18(23(36)19-5-3-2-4-6-19)28-24-22-25(33(15-16-34)17-27-22)30-26(29-24)32-13-11-31(12-14-32)20-7-9-21(35)10-8-20/h2-10,17-18,23,34-36H,11-16H2,1H3,(H,28,29,30)/t18-,23+/m1/s1. The summed E-state index contributed by atoms with van der Waals surface area (Å²) in [6.07, 6.45) is 0.930. The maximum absolute atomic E-state index is 10.9. The number of aromatic hydroxyl groups is 1. The number of nitrogens with one attached hydrogen (secondary N) is 1. The van der Waals surface area contributed by atoms with Crippen molar-refractivity contribution < 1.29 is 15.3 Å². The van der Waals surface area contributed by atoms with Crippen molar-refractivity contribution in [2.45, 2.75) is 25.6 Å². The molecule has 10 heteroatoms. The van der Waals surface area contributed by atoms with E-state index in [1.165, 1.54) is 0 Å². The number of aliphatic hydroxyl groups is 2. The van der Waals surface area contributed by atoms with Crippen LogP contribution in [0.2, 0.25) is 0 Å². The Morgan fingerprint density at radius 1 is 0.944 bits per heavy atom. The largest absolute Gasteiger partial charge is 0.508 e. The lowest BCUT2D eigenvalue weighted by Gasteiger charge is -2.36. The SMILES string of the molecule is C[C@@H](Nc1nc(N2CCN(c3ccc(O)cc3)CC2)nc2c1ncn2CCO)[C@H](O)c1ccccc1. The molecule has 0 aliphatic carbocycles. The third-order valence-electron chi connectivity index (χ3n) is 6.55. The van der Waals surface area contributed by atoms with E-state index in [0.29, 0.717) is 29.5 Å². The molecule has 0 bridgehead atoms. The van der Waals surface area contributed by atoms with Crippen LogP contribution < -0.4 is 15.1 Å². The van der Waals surface area contributed by atoms with Crippen molar-refractivity contribution >= 4 is 28.6 Å². The van der Waals surface area contributed by atoms with Crippen LogP contribution >= 0.6 is 0 Å². The van der Waals surface area contributed by atoms with Gasteiger partial charge in [-0.05, 0) is 36.8 Å². The number of benzene rings is 2. The minimum absolute atomic E-state index is 0.0258. The average Bonchev–Trinajstić information content (AvgIpc) is 3.32. The van der Waals surface area contributed by atoms with Gasteiger partial charge in [-0.25, -0.2) is 4.98 Å². The molecular weight excluding hydrogens is 458 g/mol. The van der Waals surface area contributed by atoms with Gasteiger partial charge in [0.15, 0.2) is 17.0 Å². The molecule has 36 heavy (non-hydrogen) atoms. The summed E-state index contributed by atoms with van der Waals surface area (Å²) in [4.78, 5) is 18.5. The van der Waals surface area contributed by atoms with Gasteiger partial charge >= 0.3 is 0 Å². The van der Waals surface area contributed by atoms with Gasteiger partial charge in [-0.2, -0.15) is 9.97 Å². The number of nitrogens with zero attached hydrogens (tertiary/aromatic N) is 6. The quantitative estimate of drug-likeness (QED) is 0.295. The minimum atomic E-state index is -0.729. The third-order valence-corrected chi connectivity index (χ3v) is 6.55. The summed E-state index contributed by atoms with van der Waals surface area (Å²) < 4.78 is 1.82. The lowest BCUT2D eigenvalue weighted by atomic mass is 10.0. The van der Waals surface area contributed by atoms with Crippen LogP contribution in [0.25, 0.3) is 11.2 Å². The van der Waals surface area contributed by atoms with E-state index in [-0.39, 0.29) is 18.4 Å². The molecule has 1 fully saturated rings. The maximum atomic E-state index is 10.9. The normalized spacial score (nSPS) is 15.8. The molecule has 0 saturated carbocycles. The first-order valence-electron chi connectivity index (χ1n) is 12.2. The first-order valence-corrected chi connectivity index (χ1v) is 12.2. The summed E-state index contributed by atoms with van der Waals surface area (Å²) in [5.41, 5.74) is 3.12. The van der Waals surface area contributed by atoms with Gasteiger partial charge in [-0.15, -0.1) is 0 Å². The zero-order valence-electron chi connectivity index (χ0n) is 20.2. The molecule has 10 nitrogen and oxygen atoms in total. The van der Waals surface area contributed by atoms with Crippen molar-refractivity contribution in [1.82, 2.24) is 19.5 Å². The van der Waals surface area contributed by atoms with Crippen molar-refractivity contribution in [3.63, 3.8) is 0 Å². The predicted molar refractivity (Wildman–Crippen MR) is 139 cm³/mol. The van der Waals surface area contributed by atoms with Gasteiger partial charge < -0.3 is 35.0 Å². The van der Waals surface area contributed by atoms with Gasteiger partial charge in [0.2, 0.25) is 5.95 Å². The van der Waals surface area contributed by atoms with E-state index in [9.17, 15) is 15.3 Å². The van der Waals surface area contributed by atoms with Crippen LogP contribution in [0, 0.1) is 0 Å². The van der Waals surface area contributed by atoms with Crippen LogP contribution in [0.4, 0.5) is 17.5 Å². The Morgan fingerprint density at radius 3 is 2.33 bits per heavy atom. The number of aliphatic hydroxyl groups excluding tert-OH is 2. The highest BCUT2D eigenvalue weighted by molar-refractivity contribution is 5.84. The summed E-state index contributed by atoms with van der Waals surface area (Å²) in [6, 6.07) is 16.4. The first-order chi connectivity index (χ1) is 17.5. The zero-order chi connectivity index (χ0) is 25.1. The van der Waals surface area contributed by atoms with E-state index in [1.807, 2.05) is 54.0 Å². The van der Waals surface area contributed by atoms with E-state index in [0.717, 1.165) is 37.4 Å². The highest BCUT2D eigenvalue weighted by Crippen LogP contribution is 2.27. The number of hydrogen-bond donors (Lipinski definition) is 4. The number of aromatic nitrogens is 4. The number of imidazole rings is 1. The second kappa shape index (κ2) is 10.4. The number of hydrogen-bond acceptors (Lipinski definition) is 9. The van der Waals surface area contributed by atoms with Gasteiger partial charge in [0, 0.05) is 38.4 Å². The van der Waals surface area contributed by atoms with Gasteiger partial charge in [0.1, 0.15) is 5.75 Å². The molecule has 4 N–H and O–H groups in total. The van der Waals surface area contributed by atoms with Crippen molar-refractivity contribution in [2.24, 2.45) is 0 Å². The van der Waals surface area contributed by atoms with Crippen LogP contribution in [0.15, 0.2) is 60.9 Å². The molecule has 4 aromatic rings. The Balaban J connectivity index is 1.40. The van der Waals surface area contributed by atoms with E-state index >= 15 is 0 Å². The van der Waals surface area contributed by atoms with Gasteiger partial charge in [0.25, 0.3) is 0 Å². The second-order valence-electron chi connectivity index (χ2n) is 8.99. The Bertz CT molecular complexity index is 1290. The van der Waals surface area contributed by atoms with Crippen LogP contribution in [0.3, 0.4) is 0 Å². The van der Waals surface area contributed by atoms with Crippen molar-refractivity contribution in [2.75, 3.05) is 47.9 Å². The number of phenolic OH excluding ortho intramolecular Hbond substituents is 1. The van der Waals surface area contributed by atoms with Gasteiger partial charge in [-0.3, -0.25) is 0 Å². The second-order valence-corrected chi connectivity index (χ2v) is 8.99. The topological polar surface area (TPSA) is 123 Å². The zero-order valence-corrected chi connectivity index (χ0v) is 20.2. The predicted octanol–water partition coefficient (Wildman–Crippen LogP) is 2.38. The molecule has 188 valence electrons. The molecule has 1 aliphatic heterocycles. The number of piperazine rings is 1. The monoisotopic (exact) mass is 489 g/mol. The summed E-state index contributed by atoms with van der Waals surface area (Å²) >= 11 is 0. The summed E-state index contributed by atoms with van der Waals surface area (Å²) in [7, 11) is 0. The molecule has 2 atom stereocenters. The molecule has 1 aliphatic rings. The fourth-order valence-electron chi connectivity index (χ4n) is 4.51. The Morgan fingerprint density at radius 2 is 1.64 bits per heavy atom. The van der Waals surface area contributed by atoms with Crippen molar-refractivity contribution in [1.29, 1.82) is 0 Å². The van der Waals surface area contributed by atoms with Crippen LogP contribution in [-0.2, 0) is 6.54 Å². The van der Waals surface area contributed by atoms with Crippen LogP contribution in [0.1, 0.15) is 18.6 Å². The number of fused-ring (bicyclic) bond motifs is 1. The van der Waals surface area contributed by atoms with E-state index < -0.39 is 6.10 Å². The van der Waals surface area contributed by atoms with Gasteiger partial charge in [-0.1, -0.05) is 30.3 Å². The highest BCUT2D eigenvalue weighted by Gasteiger charge is 2.24. The van der Waals surface area contributed by atoms with E-state index in [2.05, 4.69) is 20.1 Å². The minimum Gasteiger partial charge on any atom is -0.508 e. The van der Waals surface area contributed by atoms with E-state index in [4.69, 9.17) is 9.97 Å². The molecule has 2 aromatic carbocycles. The van der Waals surface area contributed by atoms with Crippen LogP contribution in [0.5, 0.6) is 5.75 Å². The smallest absolute Gasteiger partial charge is 0.229 e. The Labute approximate surface area is 209 Å². The Hall–Kier alpha value is -3.89. The summed E-state index contributed by atoms with van der Waals surface area (Å²) in [6.45, 7) is 5.28. The maximum Gasteiger partial charge on any atom is 0.229 e.